The monoisotopic (exact) mass is 208 g/mol. The highest BCUT2D eigenvalue weighted by molar-refractivity contribution is 5.80. The van der Waals surface area contributed by atoms with Gasteiger partial charge in [0.15, 0.2) is 6.29 Å². The number of nitrogens with zero attached hydrogens (tertiary/aromatic N) is 2. The number of carbonyl (C=O) groups excluding carboxylic acids is 1. The molecule has 2 heterocycles. The minimum absolute atomic E-state index is 0.252. The maximum atomic E-state index is 11.0. The van der Waals surface area contributed by atoms with Crippen LogP contribution in [0.15, 0.2) is 0 Å². The second kappa shape index (κ2) is 3.68. The van der Waals surface area contributed by atoms with E-state index in [9.17, 15) is 4.79 Å². The van der Waals surface area contributed by atoms with E-state index < -0.39 is 0 Å². The van der Waals surface area contributed by atoms with Crippen molar-refractivity contribution in [3.8, 4) is 5.88 Å². The number of aromatic nitrogens is 2. The van der Waals surface area contributed by atoms with Gasteiger partial charge in [0.1, 0.15) is 0 Å². The molecule has 0 saturated carbocycles. The summed E-state index contributed by atoms with van der Waals surface area (Å²) in [7, 11) is 0. The van der Waals surface area contributed by atoms with Crippen LogP contribution in [0.3, 0.4) is 0 Å². The smallest absolute Gasteiger partial charge is 0.222 e. The summed E-state index contributed by atoms with van der Waals surface area (Å²) in [4.78, 5) is 11.0. The lowest BCUT2D eigenvalue weighted by Gasteiger charge is -2.20. The number of hydrogen-bond acceptors (Lipinski definition) is 3. The van der Waals surface area contributed by atoms with Crippen molar-refractivity contribution in [2.75, 3.05) is 6.61 Å². The summed E-state index contributed by atoms with van der Waals surface area (Å²) in [5.74, 6) is 1.35. The summed E-state index contributed by atoms with van der Waals surface area (Å²) in [6.07, 6.45) is 0.851. The van der Waals surface area contributed by atoms with E-state index in [1.165, 1.54) is 0 Å². The highest BCUT2D eigenvalue weighted by atomic mass is 16.5. The lowest BCUT2D eigenvalue weighted by Crippen LogP contribution is -2.23. The molecule has 0 N–H and O–H groups in total. The van der Waals surface area contributed by atoms with Gasteiger partial charge in [-0.3, -0.25) is 4.79 Å². The van der Waals surface area contributed by atoms with Gasteiger partial charge in [0.05, 0.1) is 24.4 Å². The van der Waals surface area contributed by atoms with Crippen LogP contribution in [0.4, 0.5) is 0 Å². The molecule has 0 radical (unpaired) electrons. The Kier molecular flexibility index (Phi) is 2.50. The summed E-state index contributed by atoms with van der Waals surface area (Å²) in [5.41, 5.74) is 1.46. The van der Waals surface area contributed by atoms with Crippen LogP contribution in [0.5, 0.6) is 5.88 Å². The third-order valence-corrected chi connectivity index (χ3v) is 2.62. The highest BCUT2D eigenvalue weighted by Crippen LogP contribution is 2.29. The fraction of sp³-hybridized carbons (Fsp3) is 0.636. The molecule has 0 aromatic carbocycles. The number of carbonyl (C=O) groups is 1. The van der Waals surface area contributed by atoms with E-state index in [0.29, 0.717) is 24.0 Å². The predicted octanol–water partition coefficient (Wildman–Crippen LogP) is 1.85. The van der Waals surface area contributed by atoms with Crippen molar-refractivity contribution in [1.82, 2.24) is 9.78 Å². The average Bonchev–Trinajstić information content (AvgIpc) is 2.55. The molecule has 4 nitrogen and oxygen atoms in total. The van der Waals surface area contributed by atoms with Gasteiger partial charge >= 0.3 is 0 Å². The van der Waals surface area contributed by atoms with E-state index in [4.69, 9.17) is 4.74 Å². The van der Waals surface area contributed by atoms with Crippen LogP contribution in [0.1, 0.15) is 42.7 Å². The van der Waals surface area contributed by atoms with Gasteiger partial charge < -0.3 is 4.74 Å². The molecule has 1 unspecified atom stereocenters. The van der Waals surface area contributed by atoms with E-state index >= 15 is 0 Å². The molecule has 0 bridgehead atoms. The Morgan fingerprint density at radius 1 is 1.60 bits per heavy atom. The molecule has 2 rings (SSSR count). The first-order valence-electron chi connectivity index (χ1n) is 5.32. The van der Waals surface area contributed by atoms with Crippen LogP contribution in [0.25, 0.3) is 0 Å². The SMILES string of the molecule is CC1COc2c(C=O)c(C(C)C)nn2C1. The van der Waals surface area contributed by atoms with Gasteiger partial charge in [0, 0.05) is 5.92 Å². The van der Waals surface area contributed by atoms with E-state index in [0.717, 1.165) is 18.5 Å². The number of hydrogen-bond donors (Lipinski definition) is 0. The first-order valence-corrected chi connectivity index (χ1v) is 5.32. The zero-order chi connectivity index (χ0) is 11.0. The first kappa shape index (κ1) is 10.2. The van der Waals surface area contributed by atoms with Crippen molar-refractivity contribution in [3.63, 3.8) is 0 Å². The van der Waals surface area contributed by atoms with Crippen LogP contribution in [0, 0.1) is 5.92 Å². The molecule has 1 aromatic heterocycles. The fourth-order valence-corrected chi connectivity index (χ4v) is 1.86. The molecule has 1 aromatic rings. The first-order chi connectivity index (χ1) is 7.13. The van der Waals surface area contributed by atoms with Crippen molar-refractivity contribution in [2.45, 2.75) is 33.2 Å². The van der Waals surface area contributed by atoms with E-state index in [1.54, 1.807) is 0 Å². The van der Waals surface area contributed by atoms with E-state index in [1.807, 2.05) is 18.5 Å². The highest BCUT2D eigenvalue weighted by Gasteiger charge is 2.25. The molecule has 0 amide bonds. The Labute approximate surface area is 89.2 Å². The van der Waals surface area contributed by atoms with Gasteiger partial charge in [0.2, 0.25) is 5.88 Å². The van der Waals surface area contributed by atoms with Crippen molar-refractivity contribution in [1.29, 1.82) is 0 Å². The van der Waals surface area contributed by atoms with Crippen molar-refractivity contribution >= 4 is 6.29 Å². The molecule has 0 spiro atoms. The molecule has 0 aliphatic carbocycles. The third-order valence-electron chi connectivity index (χ3n) is 2.62. The molecule has 4 heteroatoms. The summed E-state index contributed by atoms with van der Waals surface area (Å²) in [6, 6.07) is 0. The standard InChI is InChI=1S/C11H16N2O2/c1-7(2)10-9(5-14)11-13(12-10)4-8(3)6-15-11/h5,7-8H,4,6H2,1-3H3. The van der Waals surface area contributed by atoms with E-state index in [-0.39, 0.29) is 5.92 Å². The molecule has 0 fully saturated rings. The van der Waals surface area contributed by atoms with Crippen LogP contribution in [-0.4, -0.2) is 22.7 Å². The Hall–Kier alpha value is -1.32. The largest absolute Gasteiger partial charge is 0.477 e. The fourth-order valence-electron chi connectivity index (χ4n) is 1.86. The summed E-state index contributed by atoms with van der Waals surface area (Å²) in [6.45, 7) is 7.68. The van der Waals surface area contributed by atoms with Crippen LogP contribution < -0.4 is 4.74 Å². The van der Waals surface area contributed by atoms with Crippen LogP contribution in [0.2, 0.25) is 0 Å². The van der Waals surface area contributed by atoms with Gasteiger partial charge in [-0.15, -0.1) is 0 Å². The summed E-state index contributed by atoms with van der Waals surface area (Å²) in [5, 5.41) is 4.43. The van der Waals surface area contributed by atoms with Crippen LogP contribution in [-0.2, 0) is 6.54 Å². The Morgan fingerprint density at radius 2 is 2.33 bits per heavy atom. The Balaban J connectivity index is 2.48. The maximum absolute atomic E-state index is 11.0. The van der Waals surface area contributed by atoms with Gasteiger partial charge in [-0.05, 0) is 5.92 Å². The van der Waals surface area contributed by atoms with Crippen molar-refractivity contribution < 1.29 is 9.53 Å². The van der Waals surface area contributed by atoms with Gasteiger partial charge in [-0.2, -0.15) is 5.10 Å². The molecule has 0 saturated heterocycles. The minimum Gasteiger partial charge on any atom is -0.477 e. The number of fused-ring (bicyclic) bond motifs is 1. The van der Waals surface area contributed by atoms with Crippen LogP contribution >= 0.6 is 0 Å². The normalized spacial score (nSPS) is 19.9. The summed E-state index contributed by atoms with van der Waals surface area (Å²) < 4.78 is 7.37. The average molecular weight is 208 g/mol. The molecule has 15 heavy (non-hydrogen) atoms. The molecular weight excluding hydrogens is 192 g/mol. The zero-order valence-corrected chi connectivity index (χ0v) is 9.36. The maximum Gasteiger partial charge on any atom is 0.222 e. The van der Waals surface area contributed by atoms with Gasteiger partial charge in [-0.25, -0.2) is 4.68 Å². The Morgan fingerprint density at radius 3 is 2.93 bits per heavy atom. The molecule has 1 aliphatic rings. The Bertz CT molecular complexity index is 382. The quantitative estimate of drug-likeness (QED) is 0.697. The molecule has 1 atom stereocenters. The molecule has 82 valence electrons. The zero-order valence-electron chi connectivity index (χ0n) is 9.36. The van der Waals surface area contributed by atoms with Crippen molar-refractivity contribution in [2.24, 2.45) is 5.92 Å². The molecular formula is C11H16N2O2. The minimum atomic E-state index is 0.252. The summed E-state index contributed by atoms with van der Waals surface area (Å²) >= 11 is 0. The van der Waals surface area contributed by atoms with Gasteiger partial charge in [-0.1, -0.05) is 20.8 Å². The van der Waals surface area contributed by atoms with Crippen molar-refractivity contribution in [3.05, 3.63) is 11.3 Å². The number of rotatable bonds is 2. The predicted molar refractivity (Wildman–Crippen MR) is 56.4 cm³/mol. The topological polar surface area (TPSA) is 44.1 Å². The van der Waals surface area contributed by atoms with Gasteiger partial charge in [0.25, 0.3) is 0 Å². The second-order valence-electron chi connectivity index (χ2n) is 4.47. The lowest BCUT2D eigenvalue weighted by molar-refractivity contribution is 0.111. The second-order valence-corrected chi connectivity index (χ2v) is 4.47. The third kappa shape index (κ3) is 1.64. The number of aldehydes is 1. The molecule has 1 aliphatic heterocycles. The number of ether oxygens (including phenoxy) is 1. The lowest BCUT2D eigenvalue weighted by atomic mass is 10.1. The van der Waals surface area contributed by atoms with E-state index in [2.05, 4.69) is 12.0 Å².